The molecule has 0 aromatic heterocycles. The first-order valence-electron chi connectivity index (χ1n) is 6.51. The van der Waals surface area contributed by atoms with Crippen molar-refractivity contribution in [2.75, 3.05) is 31.3 Å². The van der Waals surface area contributed by atoms with E-state index < -0.39 is 18.0 Å². The summed E-state index contributed by atoms with van der Waals surface area (Å²) in [5.41, 5.74) is 1.32. The number of ether oxygens (including phenoxy) is 2. The Kier molecular flexibility index (Phi) is 3.42. The lowest BCUT2D eigenvalue weighted by Crippen LogP contribution is -2.45. The van der Waals surface area contributed by atoms with Gasteiger partial charge in [0.05, 0.1) is 19.8 Å². The first-order valence-corrected chi connectivity index (χ1v) is 6.51. The summed E-state index contributed by atoms with van der Waals surface area (Å²) in [5.74, 6) is -1.84. The summed E-state index contributed by atoms with van der Waals surface area (Å²) in [7, 11) is 0. The highest BCUT2D eigenvalue weighted by atomic mass is 16.6. The number of para-hydroxylation sites is 1. The lowest BCUT2D eigenvalue weighted by molar-refractivity contribution is -0.144. The Labute approximate surface area is 115 Å². The molecule has 6 nitrogen and oxygen atoms in total. The first kappa shape index (κ1) is 13.1. The highest BCUT2D eigenvalue weighted by Gasteiger charge is 2.39. The van der Waals surface area contributed by atoms with Crippen molar-refractivity contribution in [3.05, 3.63) is 29.8 Å². The molecular formula is C14H15NO5. The third kappa shape index (κ3) is 2.17. The van der Waals surface area contributed by atoms with Gasteiger partial charge in [0, 0.05) is 12.2 Å². The standard InChI is InChI=1S/C14H15NO5/c16-13(12-8-19-5-6-20-12)15-7-10(14(17)18)9-3-1-2-4-11(9)15/h1-4,10,12H,5-8H2,(H,17,18)/t10-,12+/m1/s1. The minimum atomic E-state index is -0.923. The van der Waals surface area contributed by atoms with Gasteiger partial charge in [0.2, 0.25) is 0 Å². The number of carboxylic acids is 1. The molecule has 0 saturated carbocycles. The van der Waals surface area contributed by atoms with Crippen LogP contribution >= 0.6 is 0 Å². The van der Waals surface area contributed by atoms with Crippen LogP contribution in [0.5, 0.6) is 0 Å². The van der Waals surface area contributed by atoms with Gasteiger partial charge in [-0.3, -0.25) is 9.59 Å². The summed E-state index contributed by atoms with van der Waals surface area (Å²) in [6, 6.07) is 7.09. The van der Waals surface area contributed by atoms with Crippen molar-refractivity contribution < 1.29 is 24.2 Å². The normalized spacial score (nSPS) is 25.3. The minimum absolute atomic E-state index is 0.146. The van der Waals surface area contributed by atoms with E-state index in [0.717, 1.165) is 0 Å². The van der Waals surface area contributed by atoms with E-state index in [0.29, 0.717) is 24.5 Å². The molecule has 20 heavy (non-hydrogen) atoms. The maximum absolute atomic E-state index is 12.5. The summed E-state index contributed by atoms with van der Waals surface area (Å²) in [6.07, 6.45) is -0.649. The molecule has 6 heteroatoms. The van der Waals surface area contributed by atoms with Crippen molar-refractivity contribution in [1.82, 2.24) is 0 Å². The molecule has 0 radical (unpaired) electrons. The van der Waals surface area contributed by atoms with Crippen LogP contribution < -0.4 is 4.90 Å². The Morgan fingerprint density at radius 2 is 2.05 bits per heavy atom. The summed E-state index contributed by atoms with van der Waals surface area (Å²) >= 11 is 0. The Morgan fingerprint density at radius 1 is 1.25 bits per heavy atom. The van der Waals surface area contributed by atoms with Crippen LogP contribution in [0, 0.1) is 0 Å². The van der Waals surface area contributed by atoms with Gasteiger partial charge >= 0.3 is 5.97 Å². The van der Waals surface area contributed by atoms with Gasteiger partial charge in [0.1, 0.15) is 5.92 Å². The van der Waals surface area contributed by atoms with Gasteiger partial charge in [-0.15, -0.1) is 0 Å². The van der Waals surface area contributed by atoms with Crippen molar-refractivity contribution in [2.45, 2.75) is 12.0 Å². The van der Waals surface area contributed by atoms with Crippen LogP contribution in [0.1, 0.15) is 11.5 Å². The largest absolute Gasteiger partial charge is 0.481 e. The van der Waals surface area contributed by atoms with Crippen LogP contribution in [0.25, 0.3) is 0 Å². The number of carboxylic acid groups (broad SMARTS) is 1. The number of hydrogen-bond acceptors (Lipinski definition) is 4. The van der Waals surface area contributed by atoms with E-state index in [4.69, 9.17) is 9.47 Å². The fourth-order valence-corrected chi connectivity index (χ4v) is 2.63. The second-order valence-corrected chi connectivity index (χ2v) is 4.83. The van der Waals surface area contributed by atoms with Crippen molar-refractivity contribution in [3.63, 3.8) is 0 Å². The van der Waals surface area contributed by atoms with Crippen LogP contribution in [0.2, 0.25) is 0 Å². The molecule has 2 atom stereocenters. The third-order valence-electron chi connectivity index (χ3n) is 3.62. The number of rotatable bonds is 2. The number of fused-ring (bicyclic) bond motifs is 1. The zero-order valence-electron chi connectivity index (χ0n) is 10.8. The fourth-order valence-electron chi connectivity index (χ4n) is 2.63. The predicted molar refractivity (Wildman–Crippen MR) is 69.7 cm³/mol. The maximum atomic E-state index is 12.5. The SMILES string of the molecule is O=C(O)[C@@H]1CN(C(=O)[C@@H]2COCCO2)c2ccccc21. The number of benzene rings is 1. The van der Waals surface area contributed by atoms with E-state index in [2.05, 4.69) is 0 Å². The van der Waals surface area contributed by atoms with Crippen molar-refractivity contribution in [1.29, 1.82) is 0 Å². The molecule has 106 valence electrons. The van der Waals surface area contributed by atoms with Gasteiger partial charge in [-0.05, 0) is 11.6 Å². The van der Waals surface area contributed by atoms with Gasteiger partial charge < -0.3 is 19.5 Å². The molecule has 0 spiro atoms. The monoisotopic (exact) mass is 277 g/mol. The predicted octanol–water partition coefficient (Wildman–Crippen LogP) is 0.617. The van der Waals surface area contributed by atoms with Crippen LogP contribution in [-0.4, -0.2) is 49.5 Å². The van der Waals surface area contributed by atoms with Crippen LogP contribution in [0.3, 0.4) is 0 Å². The molecule has 2 heterocycles. The number of hydrogen-bond donors (Lipinski definition) is 1. The number of anilines is 1. The zero-order chi connectivity index (χ0) is 14.1. The molecule has 3 rings (SSSR count). The molecule has 2 aliphatic rings. The first-order chi connectivity index (χ1) is 9.68. The van der Waals surface area contributed by atoms with Crippen molar-refractivity contribution in [3.8, 4) is 0 Å². The molecule has 2 aliphatic heterocycles. The molecule has 1 aromatic rings. The third-order valence-corrected chi connectivity index (χ3v) is 3.62. The Hall–Kier alpha value is -1.92. The Morgan fingerprint density at radius 3 is 2.75 bits per heavy atom. The highest BCUT2D eigenvalue weighted by Crippen LogP contribution is 2.36. The molecule has 1 N–H and O–H groups in total. The van der Waals surface area contributed by atoms with E-state index in [1.807, 2.05) is 0 Å². The van der Waals surface area contributed by atoms with E-state index in [-0.39, 0.29) is 19.1 Å². The number of carbonyl (C=O) groups is 2. The van der Waals surface area contributed by atoms with Crippen LogP contribution in [0.4, 0.5) is 5.69 Å². The molecule has 1 saturated heterocycles. The summed E-state index contributed by atoms with van der Waals surface area (Å²) < 4.78 is 10.6. The lowest BCUT2D eigenvalue weighted by Gasteiger charge is -2.27. The van der Waals surface area contributed by atoms with Crippen LogP contribution in [-0.2, 0) is 19.1 Å². The van der Waals surface area contributed by atoms with E-state index >= 15 is 0 Å². The summed E-state index contributed by atoms with van der Waals surface area (Å²) in [5, 5.41) is 9.28. The van der Waals surface area contributed by atoms with Gasteiger partial charge in [-0.2, -0.15) is 0 Å². The second kappa shape index (κ2) is 5.22. The quantitative estimate of drug-likeness (QED) is 0.857. The minimum Gasteiger partial charge on any atom is -0.481 e. The smallest absolute Gasteiger partial charge is 0.312 e. The maximum Gasteiger partial charge on any atom is 0.312 e. The second-order valence-electron chi connectivity index (χ2n) is 4.83. The van der Waals surface area contributed by atoms with Gasteiger partial charge in [0.25, 0.3) is 5.91 Å². The van der Waals surface area contributed by atoms with E-state index in [9.17, 15) is 14.7 Å². The Balaban J connectivity index is 1.87. The molecular weight excluding hydrogens is 262 g/mol. The number of amides is 1. The van der Waals surface area contributed by atoms with Crippen LogP contribution in [0.15, 0.2) is 24.3 Å². The number of nitrogens with zero attached hydrogens (tertiary/aromatic N) is 1. The summed E-state index contributed by atoms with van der Waals surface area (Å²) in [6.45, 7) is 1.23. The fraction of sp³-hybridized carbons (Fsp3) is 0.429. The molecule has 0 unspecified atom stereocenters. The van der Waals surface area contributed by atoms with Crippen molar-refractivity contribution >= 4 is 17.6 Å². The van der Waals surface area contributed by atoms with E-state index in [1.54, 1.807) is 24.3 Å². The Bertz CT molecular complexity index is 538. The molecule has 1 fully saturated rings. The average Bonchev–Trinajstić information content (AvgIpc) is 2.87. The topological polar surface area (TPSA) is 76.1 Å². The number of aliphatic carboxylic acids is 1. The lowest BCUT2D eigenvalue weighted by atomic mass is 10.0. The molecule has 1 aromatic carbocycles. The van der Waals surface area contributed by atoms with Gasteiger partial charge in [-0.1, -0.05) is 18.2 Å². The highest BCUT2D eigenvalue weighted by molar-refractivity contribution is 6.01. The molecule has 0 bridgehead atoms. The average molecular weight is 277 g/mol. The van der Waals surface area contributed by atoms with Gasteiger partial charge in [-0.25, -0.2) is 0 Å². The zero-order valence-corrected chi connectivity index (χ0v) is 10.8. The molecule has 1 amide bonds. The number of carbonyl (C=O) groups excluding carboxylic acids is 1. The van der Waals surface area contributed by atoms with Crippen molar-refractivity contribution in [2.24, 2.45) is 0 Å². The summed E-state index contributed by atoms with van der Waals surface area (Å²) in [4.78, 5) is 25.3. The van der Waals surface area contributed by atoms with Gasteiger partial charge in [0.15, 0.2) is 6.10 Å². The van der Waals surface area contributed by atoms with E-state index in [1.165, 1.54) is 4.90 Å². The molecule has 0 aliphatic carbocycles.